The maximum Gasteiger partial charge on any atom is 0.264 e. The van der Waals surface area contributed by atoms with Crippen molar-refractivity contribution in [2.45, 2.75) is 32.7 Å². The molecule has 2 aromatic heterocycles. The number of aromatic nitrogens is 2. The molecule has 0 radical (unpaired) electrons. The fourth-order valence-corrected chi connectivity index (χ4v) is 4.91. The van der Waals surface area contributed by atoms with Crippen molar-refractivity contribution in [1.82, 2.24) is 14.9 Å². The Hall–Kier alpha value is -2.87. The van der Waals surface area contributed by atoms with Gasteiger partial charge < -0.3 is 19.4 Å². The van der Waals surface area contributed by atoms with E-state index in [1.807, 2.05) is 13.0 Å². The Morgan fingerprint density at radius 2 is 1.97 bits per heavy atom. The average Bonchev–Trinajstić information content (AvgIpc) is 3.33. The van der Waals surface area contributed by atoms with Crippen molar-refractivity contribution in [1.29, 1.82) is 0 Å². The van der Waals surface area contributed by atoms with Crippen LogP contribution in [0.3, 0.4) is 0 Å². The summed E-state index contributed by atoms with van der Waals surface area (Å²) in [5.74, 6) is 1.38. The lowest BCUT2D eigenvalue weighted by Gasteiger charge is -2.19. The van der Waals surface area contributed by atoms with Crippen LogP contribution in [0.5, 0.6) is 11.5 Å². The van der Waals surface area contributed by atoms with Crippen molar-refractivity contribution in [3.8, 4) is 11.5 Å². The minimum Gasteiger partial charge on any atom is -0.493 e. The molecule has 0 bridgehead atoms. The highest BCUT2D eigenvalue weighted by atomic mass is 32.1. The molecule has 0 spiro atoms. The predicted molar refractivity (Wildman–Crippen MR) is 112 cm³/mol. The number of hydrogen-bond acceptors (Lipinski definition) is 6. The zero-order chi connectivity index (χ0) is 20.5. The molecule has 1 amide bonds. The SMILES string of the molecule is CCN(Cc1nc2cc(OC)c(OC)cc2c(=O)[nH]1)C(=O)c1cc2c(s1)CCC2. The Bertz CT molecular complexity index is 1110. The van der Waals surface area contributed by atoms with E-state index < -0.39 is 0 Å². The quantitative estimate of drug-likeness (QED) is 0.671. The third-order valence-corrected chi connectivity index (χ3v) is 6.45. The average molecular weight is 413 g/mol. The highest BCUT2D eigenvalue weighted by molar-refractivity contribution is 7.14. The first-order chi connectivity index (χ1) is 14.0. The fraction of sp³-hybridized carbons (Fsp3) is 0.381. The molecule has 0 unspecified atom stereocenters. The third kappa shape index (κ3) is 3.60. The molecule has 0 saturated carbocycles. The normalized spacial score (nSPS) is 12.8. The number of aryl methyl sites for hydroxylation is 2. The standard InChI is InChI=1S/C21H23N3O4S/c1-4-24(21(26)18-8-12-6-5-7-17(12)29-18)11-19-22-14-10-16(28-3)15(27-2)9-13(14)20(25)23-19/h8-10H,4-7,11H2,1-3H3,(H,22,23,25). The molecule has 1 aromatic carbocycles. The zero-order valence-corrected chi connectivity index (χ0v) is 17.5. The number of nitrogens with one attached hydrogen (secondary N) is 1. The van der Waals surface area contributed by atoms with Crippen LogP contribution in [0.2, 0.25) is 0 Å². The molecule has 0 saturated heterocycles. The molecule has 3 aromatic rings. The van der Waals surface area contributed by atoms with Gasteiger partial charge in [0.05, 0.1) is 36.5 Å². The van der Waals surface area contributed by atoms with Crippen molar-refractivity contribution in [2.24, 2.45) is 0 Å². The van der Waals surface area contributed by atoms with Gasteiger partial charge in [-0.25, -0.2) is 4.98 Å². The molecule has 2 heterocycles. The number of fused-ring (bicyclic) bond motifs is 2. The van der Waals surface area contributed by atoms with E-state index in [-0.39, 0.29) is 18.0 Å². The fourth-order valence-electron chi connectivity index (χ4n) is 3.69. The molecule has 4 rings (SSSR count). The summed E-state index contributed by atoms with van der Waals surface area (Å²) in [6.45, 7) is 2.68. The van der Waals surface area contributed by atoms with E-state index in [0.717, 1.165) is 17.7 Å². The summed E-state index contributed by atoms with van der Waals surface area (Å²) in [5.41, 5.74) is 1.53. The van der Waals surface area contributed by atoms with Gasteiger partial charge in [-0.15, -0.1) is 11.3 Å². The molecule has 1 aliphatic carbocycles. The molecule has 8 heteroatoms. The second-order valence-corrected chi connectivity index (χ2v) is 8.11. The number of amides is 1. The van der Waals surface area contributed by atoms with Gasteiger partial charge in [0, 0.05) is 17.5 Å². The Morgan fingerprint density at radius 3 is 2.66 bits per heavy atom. The molecular weight excluding hydrogens is 390 g/mol. The number of carbonyl (C=O) groups is 1. The first-order valence-electron chi connectivity index (χ1n) is 9.59. The number of ether oxygens (including phenoxy) is 2. The van der Waals surface area contributed by atoms with Crippen LogP contribution in [-0.4, -0.2) is 41.5 Å². The van der Waals surface area contributed by atoms with Crippen LogP contribution in [0.1, 0.15) is 39.3 Å². The monoisotopic (exact) mass is 413 g/mol. The van der Waals surface area contributed by atoms with Crippen LogP contribution in [-0.2, 0) is 19.4 Å². The molecule has 7 nitrogen and oxygen atoms in total. The van der Waals surface area contributed by atoms with Gasteiger partial charge in [-0.3, -0.25) is 9.59 Å². The van der Waals surface area contributed by atoms with Gasteiger partial charge in [0.15, 0.2) is 11.5 Å². The molecule has 29 heavy (non-hydrogen) atoms. The third-order valence-electron chi connectivity index (χ3n) is 5.23. The van der Waals surface area contributed by atoms with Crippen molar-refractivity contribution in [2.75, 3.05) is 20.8 Å². The van der Waals surface area contributed by atoms with E-state index in [1.165, 1.54) is 31.1 Å². The summed E-state index contributed by atoms with van der Waals surface area (Å²) in [6, 6.07) is 5.31. The minimum atomic E-state index is -0.274. The number of carbonyl (C=O) groups excluding carboxylic acids is 1. The number of aromatic amines is 1. The number of benzene rings is 1. The first-order valence-corrected chi connectivity index (χ1v) is 10.4. The molecule has 152 valence electrons. The van der Waals surface area contributed by atoms with Gasteiger partial charge in [-0.1, -0.05) is 0 Å². The Labute approximate surface area is 172 Å². The number of nitrogens with zero attached hydrogens (tertiary/aromatic N) is 2. The summed E-state index contributed by atoms with van der Waals surface area (Å²) in [4.78, 5) is 36.7. The van der Waals surface area contributed by atoms with Crippen LogP contribution >= 0.6 is 11.3 Å². The minimum absolute atomic E-state index is 0.0260. The predicted octanol–water partition coefficient (Wildman–Crippen LogP) is 3.15. The maximum absolute atomic E-state index is 13.0. The Kier molecular flexibility index (Phi) is 5.27. The highest BCUT2D eigenvalue weighted by Crippen LogP contribution is 2.32. The lowest BCUT2D eigenvalue weighted by molar-refractivity contribution is 0.0753. The molecule has 0 atom stereocenters. The topological polar surface area (TPSA) is 84.5 Å². The number of methoxy groups -OCH3 is 2. The van der Waals surface area contributed by atoms with Gasteiger partial charge in [0.2, 0.25) is 0 Å². The van der Waals surface area contributed by atoms with Gasteiger partial charge >= 0.3 is 0 Å². The van der Waals surface area contributed by atoms with Crippen molar-refractivity contribution >= 4 is 28.1 Å². The zero-order valence-electron chi connectivity index (χ0n) is 16.7. The van der Waals surface area contributed by atoms with E-state index in [4.69, 9.17) is 9.47 Å². The summed E-state index contributed by atoms with van der Waals surface area (Å²) in [7, 11) is 3.05. The smallest absolute Gasteiger partial charge is 0.264 e. The molecule has 1 N–H and O–H groups in total. The molecule has 0 aliphatic heterocycles. The van der Waals surface area contributed by atoms with E-state index in [9.17, 15) is 9.59 Å². The second-order valence-electron chi connectivity index (χ2n) is 6.97. The summed E-state index contributed by atoms with van der Waals surface area (Å²) in [5, 5.41) is 0.412. The van der Waals surface area contributed by atoms with Crippen LogP contribution in [0.4, 0.5) is 0 Å². The molecule has 1 aliphatic rings. The lowest BCUT2D eigenvalue weighted by atomic mass is 10.2. The van der Waals surface area contributed by atoms with Crippen molar-refractivity contribution in [3.63, 3.8) is 0 Å². The summed E-state index contributed by atoms with van der Waals surface area (Å²) >= 11 is 1.59. The highest BCUT2D eigenvalue weighted by Gasteiger charge is 2.22. The van der Waals surface area contributed by atoms with Crippen LogP contribution in [0.15, 0.2) is 23.0 Å². The summed E-state index contributed by atoms with van der Waals surface area (Å²) < 4.78 is 10.6. The van der Waals surface area contributed by atoms with Gasteiger partial charge in [-0.2, -0.15) is 0 Å². The first kappa shape index (κ1) is 19.4. The van der Waals surface area contributed by atoms with E-state index >= 15 is 0 Å². The summed E-state index contributed by atoms with van der Waals surface area (Å²) in [6.07, 6.45) is 3.28. The van der Waals surface area contributed by atoms with Crippen LogP contribution in [0.25, 0.3) is 10.9 Å². The number of hydrogen-bond donors (Lipinski definition) is 1. The van der Waals surface area contributed by atoms with E-state index in [2.05, 4.69) is 9.97 Å². The van der Waals surface area contributed by atoms with Crippen LogP contribution < -0.4 is 15.0 Å². The maximum atomic E-state index is 13.0. The number of H-pyrrole nitrogens is 1. The van der Waals surface area contributed by atoms with Gasteiger partial charge in [0.25, 0.3) is 11.5 Å². The second kappa shape index (κ2) is 7.87. The Morgan fingerprint density at radius 1 is 1.21 bits per heavy atom. The molecular formula is C21H23N3O4S. The van der Waals surface area contributed by atoms with Gasteiger partial charge in [-0.05, 0) is 43.9 Å². The van der Waals surface area contributed by atoms with Gasteiger partial charge in [0.1, 0.15) is 5.82 Å². The van der Waals surface area contributed by atoms with Crippen LogP contribution in [0, 0.1) is 0 Å². The lowest BCUT2D eigenvalue weighted by Crippen LogP contribution is -2.31. The van der Waals surface area contributed by atoms with Crippen molar-refractivity contribution < 1.29 is 14.3 Å². The Balaban J connectivity index is 1.64. The van der Waals surface area contributed by atoms with E-state index in [1.54, 1.807) is 28.4 Å². The van der Waals surface area contributed by atoms with Crippen molar-refractivity contribution in [3.05, 3.63) is 49.7 Å². The number of rotatable bonds is 6. The molecule has 0 fully saturated rings. The largest absolute Gasteiger partial charge is 0.493 e. The number of thiophene rings is 1. The van der Waals surface area contributed by atoms with E-state index in [0.29, 0.717) is 34.8 Å².